The Morgan fingerprint density at radius 3 is 1.50 bits per heavy atom. The van der Waals surface area contributed by atoms with Crippen LogP contribution in [0.5, 0.6) is 11.5 Å². The van der Waals surface area contributed by atoms with Crippen molar-refractivity contribution in [3.05, 3.63) is 227 Å². The molecule has 500 valence electrons. The van der Waals surface area contributed by atoms with Crippen LogP contribution in [0.4, 0.5) is 28.9 Å². The second-order valence-electron chi connectivity index (χ2n) is 22.6. The molecule has 0 aliphatic carbocycles. The highest BCUT2D eigenvalue weighted by Crippen LogP contribution is 2.48. The van der Waals surface area contributed by atoms with Gasteiger partial charge in [-0.3, -0.25) is 33.6 Å². The number of carboxylic acids is 1. The van der Waals surface area contributed by atoms with Gasteiger partial charge in [-0.25, -0.2) is 27.2 Å². The molecule has 96 heavy (non-hydrogen) atoms. The number of anilines is 2. The van der Waals surface area contributed by atoms with Gasteiger partial charge in [0, 0.05) is 42.1 Å². The number of hydrogen-bond donors (Lipinski definition) is 7. The fourth-order valence-electron chi connectivity index (χ4n) is 10.7. The molecule has 7 aromatic rings. The Balaban J connectivity index is 0.875. The molecule has 2 aliphatic heterocycles. The highest BCUT2D eigenvalue weighted by atomic mass is 32.2. The number of carbonyl (C=O) groups excluding carboxylic acids is 8. The van der Waals surface area contributed by atoms with E-state index in [1.807, 2.05) is 0 Å². The smallest absolute Gasteiger partial charge is 0.334 e. The number of carbonyl (C=O) groups is 9. The minimum Gasteiger partial charge on any atom is -0.486 e. The number of amides is 6. The third-order valence-corrected chi connectivity index (χ3v) is 18.6. The van der Waals surface area contributed by atoms with Gasteiger partial charge in [0.05, 0.1) is 18.2 Å². The molecular weight excluding hydrogens is 1290 g/mol. The number of β-lactam (4-membered cyclic amide) rings is 2. The van der Waals surface area contributed by atoms with Crippen molar-refractivity contribution in [3.63, 3.8) is 0 Å². The molecular formula is C69H65F4N7O14S2. The molecule has 10 N–H and O–H groups in total. The summed E-state index contributed by atoms with van der Waals surface area (Å²) >= 11 is 2.19. The first-order chi connectivity index (χ1) is 46.0. The lowest BCUT2D eigenvalue weighted by Gasteiger charge is -2.47. The quantitative estimate of drug-likeness (QED) is 0.00926. The molecule has 6 amide bonds. The minimum absolute atomic E-state index is 0.0667. The number of benzene rings is 7. The van der Waals surface area contributed by atoms with Gasteiger partial charge in [-0.1, -0.05) is 78.9 Å². The van der Waals surface area contributed by atoms with Crippen molar-refractivity contribution in [3.8, 4) is 11.5 Å². The molecule has 9 rings (SSSR count). The van der Waals surface area contributed by atoms with Crippen molar-refractivity contribution < 1.29 is 85.1 Å². The van der Waals surface area contributed by atoms with Gasteiger partial charge >= 0.3 is 11.9 Å². The van der Waals surface area contributed by atoms with Crippen molar-refractivity contribution in [1.82, 2.24) is 10.6 Å². The summed E-state index contributed by atoms with van der Waals surface area (Å²) in [7, 11) is 0. The van der Waals surface area contributed by atoms with E-state index in [1.54, 1.807) is 54.6 Å². The van der Waals surface area contributed by atoms with Crippen LogP contribution in [0.2, 0.25) is 0 Å². The van der Waals surface area contributed by atoms with E-state index in [0.717, 1.165) is 23.9 Å². The zero-order valence-corrected chi connectivity index (χ0v) is 52.6. The highest BCUT2D eigenvalue weighted by Gasteiger charge is 2.52. The molecule has 2 fully saturated rings. The molecule has 9 atom stereocenters. The van der Waals surface area contributed by atoms with E-state index in [2.05, 4.69) is 10.6 Å². The van der Waals surface area contributed by atoms with Gasteiger partial charge < -0.3 is 62.1 Å². The SMILES string of the molecule is NC(=O)CC[C@H](NC(=O)COc1ccc([C@@H]2[C@@H](SCC(OC(=O)[C@@](N)(CCC(N)=O)C(=O)COc3ccc([C@@H]4[C@@H](SCC(O)c5ccc(F)cc5)C(=O)N4c4ccc(F)cc4)cc3)c3ccc(F)cc3)C(=O)N2c2ccc(F)cc2)cc1)C(=O)N[C@H](Cc1ccccc1)C(=O)O. The maximum atomic E-state index is 14.5. The summed E-state index contributed by atoms with van der Waals surface area (Å²) in [6.07, 6.45) is -4.25. The second-order valence-corrected chi connectivity index (χ2v) is 24.9. The number of primary amides is 2. The van der Waals surface area contributed by atoms with E-state index in [1.165, 1.54) is 131 Å². The number of aliphatic hydroxyl groups is 1. The minimum atomic E-state index is -2.59. The molecule has 27 heteroatoms. The number of aliphatic hydroxyl groups excluding tert-OH is 1. The van der Waals surface area contributed by atoms with Crippen LogP contribution in [0.1, 0.15) is 77.8 Å². The van der Waals surface area contributed by atoms with E-state index in [-0.39, 0.29) is 53.7 Å². The molecule has 2 saturated heterocycles. The Labute approximate surface area is 556 Å². The maximum absolute atomic E-state index is 14.5. The van der Waals surface area contributed by atoms with Gasteiger partial charge in [-0.2, -0.15) is 0 Å². The molecule has 21 nitrogen and oxygen atoms in total. The fourth-order valence-corrected chi connectivity index (χ4v) is 13.4. The Kier molecular flexibility index (Phi) is 23.3. The molecule has 0 aromatic heterocycles. The van der Waals surface area contributed by atoms with Crippen molar-refractivity contribution in [2.75, 3.05) is 34.5 Å². The maximum Gasteiger partial charge on any atom is 0.334 e. The fraction of sp³-hybridized carbons (Fsp3) is 0.261. The van der Waals surface area contributed by atoms with Crippen LogP contribution in [-0.4, -0.2) is 116 Å². The number of rotatable bonds is 33. The molecule has 2 unspecified atom stereocenters. The van der Waals surface area contributed by atoms with Crippen molar-refractivity contribution in [2.45, 2.75) is 84.5 Å². The summed E-state index contributed by atoms with van der Waals surface area (Å²) < 4.78 is 74.0. The van der Waals surface area contributed by atoms with Crippen LogP contribution < -0.4 is 47.1 Å². The Bertz CT molecular complexity index is 3940. The first-order valence-electron chi connectivity index (χ1n) is 30.0. The molecule has 0 bridgehead atoms. The zero-order valence-electron chi connectivity index (χ0n) is 51.0. The van der Waals surface area contributed by atoms with Gasteiger partial charge in [0.15, 0.2) is 12.1 Å². The molecule has 0 radical (unpaired) electrons. The lowest BCUT2D eigenvalue weighted by molar-refractivity contribution is -0.159. The summed E-state index contributed by atoms with van der Waals surface area (Å²) in [5.74, 6) is -9.99. The van der Waals surface area contributed by atoms with Crippen LogP contribution >= 0.6 is 23.5 Å². The van der Waals surface area contributed by atoms with E-state index in [0.29, 0.717) is 33.6 Å². The number of nitrogens with zero attached hydrogens (tertiary/aromatic N) is 2. The van der Waals surface area contributed by atoms with E-state index in [9.17, 15) is 70.9 Å². The Morgan fingerprint density at radius 2 is 1.02 bits per heavy atom. The van der Waals surface area contributed by atoms with Crippen LogP contribution in [0.3, 0.4) is 0 Å². The monoisotopic (exact) mass is 1360 g/mol. The van der Waals surface area contributed by atoms with Crippen LogP contribution in [0.25, 0.3) is 0 Å². The average molecular weight is 1360 g/mol. The number of nitrogens with two attached hydrogens (primary N) is 3. The molecule has 7 aromatic carbocycles. The van der Waals surface area contributed by atoms with Gasteiger partial charge in [-0.05, 0) is 138 Å². The number of esters is 1. The summed E-state index contributed by atoms with van der Waals surface area (Å²) in [6, 6.07) is 37.3. The van der Waals surface area contributed by atoms with Crippen molar-refractivity contribution in [2.24, 2.45) is 17.2 Å². The van der Waals surface area contributed by atoms with Crippen LogP contribution in [0, 0.1) is 23.3 Å². The first-order valence-corrected chi connectivity index (χ1v) is 32.1. The van der Waals surface area contributed by atoms with Crippen molar-refractivity contribution >= 4 is 88.1 Å². The first kappa shape index (κ1) is 70.2. The standard InChI is InChI=1S/C69H65F4N7O14S2/c70-44-14-6-40(7-15-44)54(81)37-95-62-60(79(65(62)87)48-22-18-46(72)19-23-48)42-10-26-50(27-11-42)92-35-56(82)69(76,33-32-58(75)84)68(91)94-55(41-8-16-45(71)17-9-41)38-96-63-61(80(66(63)88)49-24-20-47(73)21-25-49)43-12-28-51(29-13-43)93-36-59(85)77-52(30-31-57(74)83)64(86)78-53(67(89)90)34-39-4-2-1-3-5-39/h1-29,52-55,60-63,81H,30-38,76H2,(H2,74,83)(H2,75,84)(H,77,85)(H,78,86)(H,89,90)/t52-,53+,54?,55?,60+,61+,62+,63+,69+/m0/s1. The van der Waals surface area contributed by atoms with Crippen molar-refractivity contribution in [1.29, 1.82) is 0 Å². The largest absolute Gasteiger partial charge is 0.486 e. The van der Waals surface area contributed by atoms with Crippen LogP contribution in [0.15, 0.2) is 176 Å². The number of hydrogen-bond acceptors (Lipinski definition) is 16. The average Bonchev–Trinajstić information content (AvgIpc) is 0.745. The molecule has 2 aliphatic rings. The van der Waals surface area contributed by atoms with E-state index < -0.39 is 149 Å². The number of nitrogens with one attached hydrogen (secondary N) is 2. The zero-order chi connectivity index (χ0) is 68.8. The molecule has 2 heterocycles. The summed E-state index contributed by atoms with van der Waals surface area (Å²) in [5.41, 5.74) is 18.0. The van der Waals surface area contributed by atoms with Crippen LogP contribution in [-0.2, 0) is 54.3 Å². The number of aliphatic carboxylic acids is 1. The highest BCUT2D eigenvalue weighted by molar-refractivity contribution is 8.01. The Hall–Kier alpha value is -10.1. The third-order valence-electron chi connectivity index (χ3n) is 15.9. The van der Waals surface area contributed by atoms with E-state index >= 15 is 0 Å². The number of thioether (sulfide) groups is 2. The lowest BCUT2D eigenvalue weighted by atomic mass is 9.89. The normalized spacial score (nSPS) is 17.6. The second kappa shape index (κ2) is 31.9. The predicted octanol–water partition coefficient (Wildman–Crippen LogP) is 7.19. The number of ketones is 1. The number of Topliss-reactive ketones (excluding diaryl/α,β-unsaturated/α-hetero) is 1. The molecule has 0 spiro atoms. The number of carboxylic acid groups (broad SMARTS) is 1. The van der Waals surface area contributed by atoms with Gasteiger partial charge in [0.25, 0.3) is 5.91 Å². The topological polar surface area (TPSA) is 330 Å². The predicted molar refractivity (Wildman–Crippen MR) is 347 cm³/mol. The summed E-state index contributed by atoms with van der Waals surface area (Å²) in [4.78, 5) is 122. The number of halogens is 4. The third kappa shape index (κ3) is 17.6. The summed E-state index contributed by atoms with van der Waals surface area (Å²) in [6.45, 7) is -1.50. The Morgan fingerprint density at radius 1 is 0.562 bits per heavy atom. The van der Waals surface area contributed by atoms with Gasteiger partial charge in [0.1, 0.15) is 70.1 Å². The molecule has 0 saturated carbocycles. The van der Waals surface area contributed by atoms with E-state index in [4.69, 9.17) is 31.4 Å². The summed E-state index contributed by atoms with van der Waals surface area (Å²) in [5, 5.41) is 24.0. The van der Waals surface area contributed by atoms with Gasteiger partial charge in [0.2, 0.25) is 35.3 Å². The van der Waals surface area contributed by atoms with Gasteiger partial charge in [-0.15, -0.1) is 23.5 Å². The number of ether oxygens (including phenoxy) is 3. The lowest BCUT2D eigenvalue weighted by Crippen LogP contribution is -2.58.